The number of benzene rings is 1. The second-order valence-electron chi connectivity index (χ2n) is 4.76. The predicted octanol–water partition coefficient (Wildman–Crippen LogP) is 2.38. The molecule has 0 bridgehead atoms. The van der Waals surface area contributed by atoms with Crippen molar-refractivity contribution in [3.05, 3.63) is 46.0 Å². The molecule has 2 aromatic rings. The summed E-state index contributed by atoms with van der Waals surface area (Å²) >= 11 is 5.85. The predicted molar refractivity (Wildman–Crippen MR) is 70.3 cm³/mol. The second-order valence-corrected chi connectivity index (χ2v) is 5.17. The van der Waals surface area contributed by atoms with Crippen molar-refractivity contribution in [3.8, 4) is 0 Å². The normalized spacial score (nSPS) is 17.7. The van der Waals surface area contributed by atoms with E-state index in [0.29, 0.717) is 6.54 Å². The van der Waals surface area contributed by atoms with E-state index in [4.69, 9.17) is 11.6 Å². The smallest absolute Gasteiger partial charge is 0.142 e. The summed E-state index contributed by atoms with van der Waals surface area (Å²) in [5, 5.41) is 11.8. The highest BCUT2D eigenvalue weighted by Crippen LogP contribution is 2.34. The molecule has 1 heterocycles. The van der Waals surface area contributed by atoms with Crippen molar-refractivity contribution in [2.45, 2.75) is 25.4 Å². The monoisotopic (exact) mass is 280 g/mol. The first-order valence-electron chi connectivity index (χ1n) is 6.20. The summed E-state index contributed by atoms with van der Waals surface area (Å²) in [7, 11) is 1.79. The molecular weight excluding hydrogens is 267 g/mol. The van der Waals surface area contributed by atoms with Crippen LogP contribution < -0.4 is 5.32 Å². The summed E-state index contributed by atoms with van der Waals surface area (Å²) < 4.78 is 13.4. The van der Waals surface area contributed by atoms with Gasteiger partial charge in [0.2, 0.25) is 0 Å². The van der Waals surface area contributed by atoms with E-state index in [2.05, 4.69) is 15.5 Å². The summed E-state index contributed by atoms with van der Waals surface area (Å²) in [4.78, 5) is 1.53. The zero-order valence-electron chi connectivity index (χ0n) is 10.5. The highest BCUT2D eigenvalue weighted by atomic mass is 35.5. The Morgan fingerprint density at radius 1 is 1.53 bits per heavy atom. The number of aryl methyl sites for hydroxylation is 2. The standard InChI is InChI=1S/C13H14ClFN4/c1-19-17-7-9(18-19)6-16-13-3-2-8-4-12(15)11(14)5-10(8)13/h4-5,7,13,16H,2-3,6H2,1H3. The number of rotatable bonds is 3. The fourth-order valence-corrected chi connectivity index (χ4v) is 2.68. The Balaban J connectivity index is 1.74. The molecule has 1 aromatic carbocycles. The number of nitrogens with one attached hydrogen (secondary N) is 1. The molecule has 0 saturated heterocycles. The third-order valence-electron chi connectivity index (χ3n) is 3.44. The molecule has 19 heavy (non-hydrogen) atoms. The minimum Gasteiger partial charge on any atom is -0.304 e. The molecule has 0 saturated carbocycles. The molecule has 1 aromatic heterocycles. The van der Waals surface area contributed by atoms with Crippen LogP contribution in [0.2, 0.25) is 5.02 Å². The van der Waals surface area contributed by atoms with E-state index in [1.807, 2.05) is 0 Å². The molecule has 100 valence electrons. The van der Waals surface area contributed by atoms with Crippen LogP contribution in [0.5, 0.6) is 0 Å². The molecule has 1 aliphatic carbocycles. The number of halogens is 2. The van der Waals surface area contributed by atoms with Gasteiger partial charge in [0.05, 0.1) is 16.9 Å². The SMILES string of the molecule is Cn1ncc(CNC2CCc3cc(F)c(Cl)cc32)n1. The summed E-state index contributed by atoms with van der Waals surface area (Å²) in [6, 6.07) is 3.48. The van der Waals surface area contributed by atoms with Crippen LogP contribution >= 0.6 is 11.6 Å². The van der Waals surface area contributed by atoms with Gasteiger partial charge in [0.25, 0.3) is 0 Å². The molecule has 1 unspecified atom stereocenters. The lowest BCUT2D eigenvalue weighted by atomic mass is 10.1. The summed E-state index contributed by atoms with van der Waals surface area (Å²) in [5.41, 5.74) is 3.03. The van der Waals surface area contributed by atoms with Gasteiger partial charge in [-0.3, -0.25) is 0 Å². The van der Waals surface area contributed by atoms with Gasteiger partial charge in [-0.1, -0.05) is 11.6 Å². The lowest BCUT2D eigenvalue weighted by Gasteiger charge is -2.13. The van der Waals surface area contributed by atoms with Gasteiger partial charge < -0.3 is 5.32 Å². The highest BCUT2D eigenvalue weighted by molar-refractivity contribution is 6.30. The van der Waals surface area contributed by atoms with Crippen molar-refractivity contribution >= 4 is 11.6 Å². The maximum atomic E-state index is 13.4. The summed E-state index contributed by atoms with van der Waals surface area (Å²) in [6.07, 6.45) is 3.57. The number of hydrogen-bond acceptors (Lipinski definition) is 3. The molecule has 1 atom stereocenters. The molecule has 6 heteroatoms. The van der Waals surface area contributed by atoms with Gasteiger partial charge in [0.15, 0.2) is 0 Å². The van der Waals surface area contributed by atoms with Crippen molar-refractivity contribution in [1.29, 1.82) is 0 Å². The average Bonchev–Trinajstić information content (AvgIpc) is 2.95. The van der Waals surface area contributed by atoms with Crippen LogP contribution in [-0.4, -0.2) is 15.0 Å². The zero-order chi connectivity index (χ0) is 13.4. The Morgan fingerprint density at radius 3 is 3.11 bits per heavy atom. The molecule has 1 N–H and O–H groups in total. The first kappa shape index (κ1) is 12.6. The lowest BCUT2D eigenvalue weighted by Crippen LogP contribution is -2.19. The fraction of sp³-hybridized carbons (Fsp3) is 0.385. The quantitative estimate of drug-likeness (QED) is 0.939. The zero-order valence-corrected chi connectivity index (χ0v) is 11.3. The summed E-state index contributed by atoms with van der Waals surface area (Å²) in [5.74, 6) is -0.338. The van der Waals surface area contributed by atoms with Crippen LogP contribution in [0.1, 0.15) is 29.3 Å². The van der Waals surface area contributed by atoms with Crippen LogP contribution in [0.15, 0.2) is 18.3 Å². The van der Waals surface area contributed by atoms with Gasteiger partial charge in [-0.25, -0.2) is 4.39 Å². The third-order valence-corrected chi connectivity index (χ3v) is 3.73. The van der Waals surface area contributed by atoms with E-state index in [0.717, 1.165) is 29.7 Å². The van der Waals surface area contributed by atoms with Gasteiger partial charge in [0.1, 0.15) is 5.82 Å². The van der Waals surface area contributed by atoms with E-state index in [9.17, 15) is 4.39 Å². The first-order chi connectivity index (χ1) is 9.13. The molecule has 0 spiro atoms. The third kappa shape index (κ3) is 2.48. The van der Waals surface area contributed by atoms with Crippen molar-refractivity contribution in [2.75, 3.05) is 0 Å². The molecule has 0 aliphatic heterocycles. The minimum absolute atomic E-state index is 0.187. The fourth-order valence-electron chi connectivity index (χ4n) is 2.51. The van der Waals surface area contributed by atoms with Crippen LogP contribution in [0.3, 0.4) is 0 Å². The van der Waals surface area contributed by atoms with Gasteiger partial charge in [-0.2, -0.15) is 15.0 Å². The van der Waals surface area contributed by atoms with Crippen LogP contribution in [-0.2, 0) is 20.0 Å². The van der Waals surface area contributed by atoms with Gasteiger partial charge in [0, 0.05) is 19.6 Å². The van der Waals surface area contributed by atoms with E-state index >= 15 is 0 Å². The molecule has 0 fully saturated rings. The van der Waals surface area contributed by atoms with Crippen LogP contribution in [0, 0.1) is 5.82 Å². The van der Waals surface area contributed by atoms with E-state index in [1.165, 1.54) is 4.80 Å². The van der Waals surface area contributed by atoms with Crippen molar-refractivity contribution in [1.82, 2.24) is 20.3 Å². The minimum atomic E-state index is -0.338. The number of aromatic nitrogens is 3. The van der Waals surface area contributed by atoms with Gasteiger partial charge in [-0.05, 0) is 36.1 Å². The second kappa shape index (κ2) is 4.90. The van der Waals surface area contributed by atoms with Crippen molar-refractivity contribution in [2.24, 2.45) is 7.05 Å². The topological polar surface area (TPSA) is 42.7 Å². The Hall–Kier alpha value is -1.46. The Kier molecular flexibility index (Phi) is 3.24. The largest absolute Gasteiger partial charge is 0.304 e. The van der Waals surface area contributed by atoms with Gasteiger partial charge in [-0.15, -0.1) is 0 Å². The maximum Gasteiger partial charge on any atom is 0.142 e. The molecular formula is C13H14ClFN4. The molecule has 4 nitrogen and oxygen atoms in total. The molecule has 3 rings (SSSR count). The Morgan fingerprint density at radius 2 is 2.37 bits per heavy atom. The van der Waals surface area contributed by atoms with E-state index in [-0.39, 0.29) is 16.9 Å². The number of hydrogen-bond donors (Lipinski definition) is 1. The average molecular weight is 281 g/mol. The van der Waals surface area contributed by atoms with Crippen molar-refractivity contribution < 1.29 is 4.39 Å². The number of nitrogens with zero attached hydrogens (tertiary/aromatic N) is 3. The molecule has 0 radical (unpaired) electrons. The van der Waals surface area contributed by atoms with E-state index in [1.54, 1.807) is 25.4 Å². The lowest BCUT2D eigenvalue weighted by molar-refractivity contribution is 0.520. The van der Waals surface area contributed by atoms with Crippen molar-refractivity contribution in [3.63, 3.8) is 0 Å². The summed E-state index contributed by atoms with van der Waals surface area (Å²) in [6.45, 7) is 0.646. The van der Waals surface area contributed by atoms with Gasteiger partial charge >= 0.3 is 0 Å². The van der Waals surface area contributed by atoms with Crippen LogP contribution in [0.4, 0.5) is 4.39 Å². The highest BCUT2D eigenvalue weighted by Gasteiger charge is 2.23. The van der Waals surface area contributed by atoms with E-state index < -0.39 is 0 Å². The van der Waals surface area contributed by atoms with Crippen LogP contribution in [0.25, 0.3) is 0 Å². The maximum absolute atomic E-state index is 13.4. The number of fused-ring (bicyclic) bond motifs is 1. The molecule has 0 amide bonds. The molecule has 1 aliphatic rings. The first-order valence-corrected chi connectivity index (χ1v) is 6.57. The Bertz CT molecular complexity index is 611. The Labute approximate surface area is 115 Å².